The van der Waals surface area contributed by atoms with Crippen LogP contribution in [0, 0.1) is 0 Å². The number of aromatic nitrogens is 1. The molecule has 0 saturated carbocycles. The Morgan fingerprint density at radius 1 is 1.19 bits per heavy atom. The second-order valence-electron chi connectivity index (χ2n) is 7.90. The number of hydrogen-bond donors (Lipinski definition) is 1. The average Bonchev–Trinajstić information content (AvgIpc) is 2.79. The number of nitrogens with one attached hydrogen (secondary N) is 1. The summed E-state index contributed by atoms with van der Waals surface area (Å²) in [6, 6.07) is 13.1. The number of likely N-dealkylation sites (tertiary alicyclic amines) is 1. The second-order valence-corrected chi connectivity index (χ2v) is 7.90. The molecule has 0 aliphatic carbocycles. The third kappa shape index (κ3) is 6.87. The lowest BCUT2D eigenvalue weighted by atomic mass is 10.0. The van der Waals surface area contributed by atoms with Crippen molar-refractivity contribution in [2.75, 3.05) is 45.2 Å². The van der Waals surface area contributed by atoms with E-state index in [4.69, 9.17) is 4.74 Å². The molecule has 0 atom stereocenters. The van der Waals surface area contributed by atoms with Crippen molar-refractivity contribution in [3.63, 3.8) is 0 Å². The Labute approximate surface area is 184 Å². The Morgan fingerprint density at radius 2 is 2.00 bits per heavy atom. The van der Waals surface area contributed by atoms with Crippen LogP contribution in [0.5, 0.6) is 0 Å². The molecule has 7 heteroatoms. The molecule has 166 valence electrons. The molecule has 2 amide bonds. The van der Waals surface area contributed by atoms with Gasteiger partial charge in [0.2, 0.25) is 0 Å². The number of methoxy groups -OCH3 is 1. The van der Waals surface area contributed by atoms with Gasteiger partial charge in [-0.3, -0.25) is 9.78 Å². The van der Waals surface area contributed by atoms with Crippen molar-refractivity contribution in [3.8, 4) is 0 Å². The minimum absolute atomic E-state index is 0.0228. The minimum atomic E-state index is -0.148. The molecule has 3 rings (SSSR count). The van der Waals surface area contributed by atoms with Gasteiger partial charge < -0.3 is 19.9 Å². The van der Waals surface area contributed by atoms with Crippen LogP contribution in [0.1, 0.15) is 35.8 Å². The zero-order valence-electron chi connectivity index (χ0n) is 18.4. The predicted octanol–water partition coefficient (Wildman–Crippen LogP) is 3.47. The summed E-state index contributed by atoms with van der Waals surface area (Å²) in [5.41, 5.74) is 2.33. The fourth-order valence-corrected chi connectivity index (χ4v) is 3.92. The van der Waals surface area contributed by atoms with E-state index < -0.39 is 0 Å². The Hall–Kier alpha value is -2.77. The van der Waals surface area contributed by atoms with Crippen molar-refractivity contribution in [3.05, 3.63) is 59.9 Å². The number of urea groups is 1. The number of rotatable bonds is 9. The predicted molar refractivity (Wildman–Crippen MR) is 121 cm³/mol. The van der Waals surface area contributed by atoms with E-state index >= 15 is 0 Å². The normalized spacial score (nSPS) is 14.9. The molecule has 31 heavy (non-hydrogen) atoms. The highest BCUT2D eigenvalue weighted by Crippen LogP contribution is 2.19. The van der Waals surface area contributed by atoms with Crippen molar-refractivity contribution in [1.29, 1.82) is 0 Å². The number of hydrogen-bond acceptors (Lipinski definition) is 5. The van der Waals surface area contributed by atoms with Crippen molar-refractivity contribution in [2.24, 2.45) is 0 Å². The van der Waals surface area contributed by atoms with E-state index in [1.165, 1.54) is 6.92 Å². The number of amides is 2. The van der Waals surface area contributed by atoms with Crippen LogP contribution in [0.25, 0.3) is 0 Å². The van der Waals surface area contributed by atoms with Crippen LogP contribution in [0.3, 0.4) is 0 Å². The number of carbonyl (C=O) groups excluding carboxylic acids is 2. The van der Waals surface area contributed by atoms with Gasteiger partial charge in [-0.1, -0.05) is 18.2 Å². The van der Waals surface area contributed by atoms with E-state index in [0.29, 0.717) is 24.4 Å². The molecule has 1 aromatic carbocycles. The number of ether oxygens (including phenoxy) is 1. The lowest BCUT2D eigenvalue weighted by Crippen LogP contribution is -2.50. The van der Waals surface area contributed by atoms with Gasteiger partial charge in [-0.15, -0.1) is 0 Å². The number of pyridine rings is 1. The van der Waals surface area contributed by atoms with Crippen molar-refractivity contribution in [1.82, 2.24) is 14.8 Å². The molecular weight excluding hydrogens is 392 g/mol. The van der Waals surface area contributed by atoms with Crippen LogP contribution in [0.15, 0.2) is 48.7 Å². The largest absolute Gasteiger partial charge is 0.383 e. The first-order valence-electron chi connectivity index (χ1n) is 10.9. The van der Waals surface area contributed by atoms with E-state index in [2.05, 4.69) is 21.3 Å². The highest BCUT2D eigenvalue weighted by Gasteiger charge is 2.28. The maximum absolute atomic E-state index is 13.0. The smallest absolute Gasteiger partial charge is 0.322 e. The van der Waals surface area contributed by atoms with Gasteiger partial charge in [0.05, 0.1) is 6.61 Å². The lowest BCUT2D eigenvalue weighted by Gasteiger charge is -2.38. The van der Waals surface area contributed by atoms with Gasteiger partial charge in [0.25, 0.3) is 0 Å². The van der Waals surface area contributed by atoms with Gasteiger partial charge in [-0.2, -0.15) is 0 Å². The van der Waals surface area contributed by atoms with E-state index in [9.17, 15) is 9.59 Å². The van der Waals surface area contributed by atoms with Gasteiger partial charge in [0.1, 0.15) is 0 Å². The molecule has 1 aromatic heterocycles. The average molecular weight is 425 g/mol. The summed E-state index contributed by atoms with van der Waals surface area (Å²) in [5.74, 6) is -0.0228. The van der Waals surface area contributed by atoms with E-state index in [1.54, 1.807) is 31.4 Å². The van der Waals surface area contributed by atoms with Crippen molar-refractivity contribution < 1.29 is 14.3 Å². The van der Waals surface area contributed by atoms with Crippen molar-refractivity contribution in [2.45, 2.75) is 32.2 Å². The molecular formula is C24H32N4O3. The molecule has 1 saturated heterocycles. The Kier molecular flexibility index (Phi) is 8.55. The molecule has 0 unspecified atom stereocenters. The van der Waals surface area contributed by atoms with Gasteiger partial charge in [-0.05, 0) is 44.0 Å². The highest BCUT2D eigenvalue weighted by atomic mass is 16.5. The highest BCUT2D eigenvalue weighted by molar-refractivity contribution is 5.96. The Bertz CT molecular complexity index is 851. The Balaban J connectivity index is 1.56. The molecule has 0 bridgehead atoms. The summed E-state index contributed by atoms with van der Waals surface area (Å²) < 4.78 is 5.24. The van der Waals surface area contributed by atoms with Crippen LogP contribution < -0.4 is 5.32 Å². The van der Waals surface area contributed by atoms with Gasteiger partial charge >= 0.3 is 6.03 Å². The first-order valence-corrected chi connectivity index (χ1v) is 10.9. The molecule has 2 heterocycles. The number of piperidine rings is 1. The number of benzene rings is 1. The first-order chi connectivity index (χ1) is 15.1. The zero-order valence-corrected chi connectivity index (χ0v) is 18.4. The topological polar surface area (TPSA) is 74.8 Å². The van der Waals surface area contributed by atoms with Crippen LogP contribution in [0.2, 0.25) is 0 Å². The molecule has 0 radical (unpaired) electrons. The minimum Gasteiger partial charge on any atom is -0.383 e. The quantitative estimate of drug-likeness (QED) is 0.624. The molecule has 1 aliphatic rings. The number of nitrogens with zero attached hydrogens (tertiary/aromatic N) is 3. The summed E-state index contributed by atoms with van der Waals surface area (Å²) in [6.45, 7) is 5.43. The SMILES string of the molecule is COCCN(C(=O)Nc1cccc(C(C)=O)c1)C1CCN(CCc2ccccn2)CC1. The molecule has 2 aromatic rings. The number of carbonyl (C=O) groups is 2. The number of ketones is 1. The standard InChI is InChI=1S/C24H32N4O3/c1-19(29)20-6-5-8-22(18-20)26-24(30)28(16-17-31-2)23-10-14-27(15-11-23)13-9-21-7-3-4-12-25-21/h3-8,12,18,23H,9-11,13-17H2,1-2H3,(H,26,30). The molecule has 1 aliphatic heterocycles. The van der Waals surface area contributed by atoms with Gasteiger partial charge in [0.15, 0.2) is 5.78 Å². The summed E-state index contributed by atoms with van der Waals surface area (Å²) >= 11 is 0. The maximum Gasteiger partial charge on any atom is 0.322 e. The molecule has 1 fully saturated rings. The number of Topliss-reactive ketones (excluding diaryl/α,β-unsaturated/α-hetero) is 1. The summed E-state index contributed by atoms with van der Waals surface area (Å²) in [5, 5.41) is 2.96. The maximum atomic E-state index is 13.0. The molecule has 7 nitrogen and oxygen atoms in total. The van der Waals surface area contributed by atoms with Crippen molar-refractivity contribution >= 4 is 17.5 Å². The monoisotopic (exact) mass is 424 g/mol. The zero-order chi connectivity index (χ0) is 22.1. The fraction of sp³-hybridized carbons (Fsp3) is 0.458. The van der Waals surface area contributed by atoms with Gasteiger partial charge in [-0.25, -0.2) is 4.79 Å². The summed E-state index contributed by atoms with van der Waals surface area (Å²) in [6.07, 6.45) is 4.62. The Morgan fingerprint density at radius 3 is 2.68 bits per heavy atom. The first kappa shape index (κ1) is 22.9. The molecule has 0 spiro atoms. The van der Waals surface area contributed by atoms with E-state index in [0.717, 1.165) is 44.6 Å². The van der Waals surface area contributed by atoms with Crippen LogP contribution in [-0.2, 0) is 11.2 Å². The molecule has 1 N–H and O–H groups in total. The lowest BCUT2D eigenvalue weighted by molar-refractivity contribution is 0.101. The summed E-state index contributed by atoms with van der Waals surface area (Å²) in [7, 11) is 1.65. The van der Waals surface area contributed by atoms with E-state index in [-0.39, 0.29) is 17.9 Å². The van der Waals surface area contributed by atoms with Gasteiger partial charge in [0, 0.05) is 68.9 Å². The number of anilines is 1. The van der Waals surface area contributed by atoms with Crippen LogP contribution in [0.4, 0.5) is 10.5 Å². The van der Waals surface area contributed by atoms with Crippen LogP contribution >= 0.6 is 0 Å². The second kappa shape index (κ2) is 11.6. The fourth-order valence-electron chi connectivity index (χ4n) is 3.92. The third-order valence-corrected chi connectivity index (χ3v) is 5.73. The third-order valence-electron chi connectivity index (χ3n) is 5.73. The van der Waals surface area contributed by atoms with E-state index in [1.807, 2.05) is 23.2 Å². The summed E-state index contributed by atoms with van der Waals surface area (Å²) in [4.78, 5) is 33.4. The van der Waals surface area contributed by atoms with Crippen LogP contribution in [-0.4, -0.2) is 72.5 Å².